The van der Waals surface area contributed by atoms with Crippen LogP contribution in [0.4, 0.5) is 16.0 Å². The number of hydrogen-bond acceptors (Lipinski definition) is 6. The molecule has 0 spiro atoms. The molecule has 37 heavy (non-hydrogen) atoms. The first kappa shape index (κ1) is 24.4. The van der Waals surface area contributed by atoms with Crippen molar-refractivity contribution in [3.8, 4) is 16.8 Å². The molecule has 3 aromatic heterocycles. The average Bonchev–Trinajstić information content (AvgIpc) is 3.39. The first-order valence-electron chi connectivity index (χ1n) is 10.9. The third-order valence-corrected chi connectivity index (χ3v) is 6.40. The molecule has 0 aliphatic rings. The second-order valence-electron chi connectivity index (χ2n) is 8.00. The van der Waals surface area contributed by atoms with E-state index in [1.807, 2.05) is 0 Å². The number of benzene rings is 2. The lowest BCUT2D eigenvalue weighted by molar-refractivity contribution is 0.102. The fourth-order valence-corrected chi connectivity index (χ4v) is 4.43. The summed E-state index contributed by atoms with van der Waals surface area (Å²) in [5, 5.41) is 10.7. The number of aryl methyl sites for hydroxylation is 1. The minimum Gasteiger partial charge on any atom is -0.357 e. The minimum absolute atomic E-state index is 0.0861. The number of pyridine rings is 1. The lowest BCUT2D eigenvalue weighted by Gasteiger charge is -2.14. The van der Waals surface area contributed by atoms with Crippen LogP contribution >= 0.6 is 23.2 Å². The molecule has 0 radical (unpaired) electrons. The molecule has 3 heterocycles. The normalized spacial score (nSPS) is 11.1. The van der Waals surface area contributed by atoms with E-state index in [9.17, 15) is 14.0 Å². The van der Waals surface area contributed by atoms with Gasteiger partial charge in [-0.15, -0.1) is 0 Å². The largest absolute Gasteiger partial charge is 0.357 e. The zero-order valence-electron chi connectivity index (χ0n) is 19.5. The summed E-state index contributed by atoms with van der Waals surface area (Å²) in [6, 6.07) is 11.9. The summed E-state index contributed by atoms with van der Waals surface area (Å²) in [6.07, 6.45) is 3.17. The minimum atomic E-state index is -0.532. The van der Waals surface area contributed by atoms with E-state index >= 15 is 0 Å². The first-order valence-corrected chi connectivity index (χ1v) is 11.7. The fourth-order valence-electron chi connectivity index (χ4n) is 3.81. The number of anilines is 2. The van der Waals surface area contributed by atoms with Gasteiger partial charge < -0.3 is 10.6 Å². The van der Waals surface area contributed by atoms with Crippen molar-refractivity contribution in [3.63, 3.8) is 0 Å². The maximum Gasteiger partial charge on any atom is 0.276 e. The van der Waals surface area contributed by atoms with Gasteiger partial charge in [0.25, 0.3) is 11.5 Å². The molecule has 12 heteroatoms. The quantitative estimate of drug-likeness (QED) is 0.329. The Labute approximate surface area is 219 Å². The van der Waals surface area contributed by atoms with Gasteiger partial charge in [-0.1, -0.05) is 23.2 Å². The number of nitrogens with zero attached hydrogens (tertiary/aromatic N) is 5. The molecule has 5 aromatic rings. The highest BCUT2D eigenvalue weighted by molar-refractivity contribution is 6.41. The Bertz CT molecular complexity index is 1730. The Morgan fingerprint density at radius 3 is 2.57 bits per heavy atom. The highest BCUT2D eigenvalue weighted by Gasteiger charge is 2.20. The van der Waals surface area contributed by atoms with E-state index in [0.29, 0.717) is 22.7 Å². The highest BCUT2D eigenvalue weighted by Crippen LogP contribution is 2.39. The van der Waals surface area contributed by atoms with Gasteiger partial charge in [-0.2, -0.15) is 10.1 Å². The smallest absolute Gasteiger partial charge is 0.276 e. The molecule has 2 N–H and O–H groups in total. The van der Waals surface area contributed by atoms with Crippen molar-refractivity contribution in [1.82, 2.24) is 24.3 Å². The number of nitrogens with one attached hydrogen (secondary N) is 2. The SMILES string of the molecule is CNc1ncc2cc(-c3c(Cl)ccc(NC(=O)c4ccn(-c5ccc(F)cc5)n4)c3Cl)c(=O)n(C)c2n1. The molecule has 0 saturated carbocycles. The predicted octanol–water partition coefficient (Wildman–Crippen LogP) is 4.92. The molecule has 1 amide bonds. The van der Waals surface area contributed by atoms with Crippen LogP contribution in [-0.2, 0) is 7.05 Å². The molecule has 0 fully saturated rings. The molecular formula is C25H18Cl2FN7O2. The van der Waals surface area contributed by atoms with Crippen LogP contribution in [0.3, 0.4) is 0 Å². The Hall–Kier alpha value is -4.28. The monoisotopic (exact) mass is 537 g/mol. The van der Waals surface area contributed by atoms with Gasteiger partial charge in [0.2, 0.25) is 5.95 Å². The third-order valence-electron chi connectivity index (χ3n) is 5.69. The molecule has 186 valence electrons. The van der Waals surface area contributed by atoms with Gasteiger partial charge in [-0.25, -0.2) is 14.1 Å². The molecule has 5 rings (SSSR count). The molecule has 0 unspecified atom stereocenters. The molecule has 0 saturated heterocycles. The van der Waals surface area contributed by atoms with Crippen molar-refractivity contribution in [2.45, 2.75) is 0 Å². The Balaban J connectivity index is 1.50. The van der Waals surface area contributed by atoms with Gasteiger partial charge in [0.05, 0.1) is 27.0 Å². The van der Waals surface area contributed by atoms with E-state index in [1.54, 1.807) is 50.8 Å². The fraction of sp³-hybridized carbons (Fsp3) is 0.0800. The van der Waals surface area contributed by atoms with Gasteiger partial charge in [0.15, 0.2) is 5.69 Å². The molecule has 0 aliphatic heterocycles. The summed E-state index contributed by atoms with van der Waals surface area (Å²) in [5.41, 5.74) is 1.48. The number of hydrogen-bond donors (Lipinski definition) is 2. The van der Waals surface area contributed by atoms with Gasteiger partial charge in [-0.3, -0.25) is 14.2 Å². The Morgan fingerprint density at radius 2 is 1.84 bits per heavy atom. The van der Waals surface area contributed by atoms with Crippen molar-refractivity contribution >= 4 is 51.8 Å². The van der Waals surface area contributed by atoms with E-state index in [1.165, 1.54) is 33.5 Å². The topological polar surface area (TPSA) is 107 Å². The maximum atomic E-state index is 13.2. The Morgan fingerprint density at radius 1 is 1.08 bits per heavy atom. The van der Waals surface area contributed by atoms with Crippen molar-refractivity contribution in [2.24, 2.45) is 7.05 Å². The van der Waals surface area contributed by atoms with E-state index in [-0.39, 0.29) is 43.9 Å². The van der Waals surface area contributed by atoms with Crippen LogP contribution in [0, 0.1) is 5.82 Å². The lowest BCUT2D eigenvalue weighted by Crippen LogP contribution is -2.20. The summed E-state index contributed by atoms with van der Waals surface area (Å²) in [7, 11) is 3.27. The average molecular weight is 538 g/mol. The number of carbonyl (C=O) groups is 1. The van der Waals surface area contributed by atoms with E-state index in [2.05, 4.69) is 25.7 Å². The number of amides is 1. The van der Waals surface area contributed by atoms with Crippen LogP contribution in [-0.4, -0.2) is 37.3 Å². The van der Waals surface area contributed by atoms with Gasteiger partial charge in [0, 0.05) is 37.4 Å². The number of halogens is 3. The standard InChI is InChI=1S/C25H18Cl2FN7O2/c1-29-25-30-12-13-11-16(24(37)34(2)22(13)32-25)20-17(26)7-8-18(21(20)27)31-23(36)19-9-10-35(33-19)15-5-3-14(28)4-6-15/h3-12H,1-2H3,(H,31,36)(H,29,30,32). The van der Waals surface area contributed by atoms with Crippen molar-refractivity contribution < 1.29 is 9.18 Å². The van der Waals surface area contributed by atoms with Gasteiger partial charge in [-0.05, 0) is 48.5 Å². The molecule has 0 aliphatic carbocycles. The molecule has 9 nitrogen and oxygen atoms in total. The zero-order valence-corrected chi connectivity index (χ0v) is 21.0. The third kappa shape index (κ3) is 4.52. The van der Waals surface area contributed by atoms with E-state index < -0.39 is 5.91 Å². The molecule has 0 atom stereocenters. The maximum absolute atomic E-state index is 13.2. The summed E-state index contributed by atoms with van der Waals surface area (Å²) < 4.78 is 16.0. The predicted molar refractivity (Wildman–Crippen MR) is 141 cm³/mol. The van der Waals surface area contributed by atoms with E-state index in [0.717, 1.165) is 0 Å². The number of fused-ring (bicyclic) bond motifs is 1. The molecular weight excluding hydrogens is 520 g/mol. The van der Waals surface area contributed by atoms with Crippen molar-refractivity contribution in [1.29, 1.82) is 0 Å². The van der Waals surface area contributed by atoms with Crippen LogP contribution < -0.4 is 16.2 Å². The molecule has 0 bridgehead atoms. The Kier molecular flexibility index (Phi) is 6.36. The van der Waals surface area contributed by atoms with Gasteiger partial charge >= 0.3 is 0 Å². The van der Waals surface area contributed by atoms with Gasteiger partial charge in [0.1, 0.15) is 11.5 Å². The van der Waals surface area contributed by atoms with Crippen LogP contribution in [0.2, 0.25) is 10.0 Å². The van der Waals surface area contributed by atoms with Crippen LogP contribution in [0.1, 0.15) is 10.5 Å². The lowest BCUT2D eigenvalue weighted by atomic mass is 10.0. The summed E-state index contributed by atoms with van der Waals surface area (Å²) in [4.78, 5) is 34.7. The first-order chi connectivity index (χ1) is 17.8. The van der Waals surface area contributed by atoms with Crippen molar-refractivity contribution in [2.75, 3.05) is 17.7 Å². The van der Waals surface area contributed by atoms with Crippen LogP contribution in [0.25, 0.3) is 27.8 Å². The highest BCUT2D eigenvalue weighted by atomic mass is 35.5. The van der Waals surface area contributed by atoms with Crippen LogP contribution in [0.15, 0.2) is 65.7 Å². The molecule has 2 aromatic carbocycles. The van der Waals surface area contributed by atoms with Crippen molar-refractivity contribution in [3.05, 3.63) is 92.8 Å². The van der Waals surface area contributed by atoms with Crippen LogP contribution in [0.5, 0.6) is 0 Å². The second kappa shape index (κ2) is 9.64. The number of rotatable bonds is 5. The summed E-state index contributed by atoms with van der Waals surface area (Å²) in [5.74, 6) is -0.535. The van der Waals surface area contributed by atoms with E-state index in [4.69, 9.17) is 23.2 Å². The second-order valence-corrected chi connectivity index (χ2v) is 8.79. The zero-order chi connectivity index (χ0) is 26.3. The number of carbonyl (C=O) groups excluding carboxylic acids is 1. The summed E-state index contributed by atoms with van der Waals surface area (Å²) >= 11 is 13.1. The summed E-state index contributed by atoms with van der Waals surface area (Å²) in [6.45, 7) is 0. The number of aromatic nitrogens is 5.